The third kappa shape index (κ3) is 3.31. The van der Waals surface area contributed by atoms with Crippen LogP contribution in [-0.4, -0.2) is 15.5 Å². The molecule has 0 saturated carbocycles. The first-order valence-corrected chi connectivity index (χ1v) is 11.1. The van der Waals surface area contributed by atoms with E-state index in [1.54, 1.807) is 11.3 Å². The van der Waals surface area contributed by atoms with Crippen LogP contribution in [0.1, 0.15) is 34.7 Å². The van der Waals surface area contributed by atoms with Crippen LogP contribution in [-0.2, 0) is 13.0 Å². The summed E-state index contributed by atoms with van der Waals surface area (Å²) in [7, 11) is 0. The van der Waals surface area contributed by atoms with Crippen LogP contribution in [0.4, 0.5) is 10.5 Å². The molecule has 4 nitrogen and oxygen atoms in total. The Morgan fingerprint density at radius 1 is 1.03 bits per heavy atom. The van der Waals surface area contributed by atoms with Crippen LogP contribution in [0.15, 0.2) is 84.4 Å². The molecule has 0 aliphatic carbocycles. The molecule has 1 atom stereocenters. The highest BCUT2D eigenvalue weighted by Gasteiger charge is 2.33. The highest BCUT2D eigenvalue weighted by atomic mass is 32.1. The van der Waals surface area contributed by atoms with Gasteiger partial charge < -0.3 is 14.8 Å². The second-order valence-electron chi connectivity index (χ2n) is 7.46. The van der Waals surface area contributed by atoms with Crippen LogP contribution in [0, 0.1) is 0 Å². The van der Waals surface area contributed by atoms with E-state index in [0.29, 0.717) is 6.54 Å². The van der Waals surface area contributed by atoms with Gasteiger partial charge in [-0.2, -0.15) is 0 Å². The average molecular weight is 414 g/mol. The third-order valence-corrected chi connectivity index (χ3v) is 6.58. The molecule has 0 spiro atoms. The van der Waals surface area contributed by atoms with Crippen molar-refractivity contribution < 1.29 is 4.79 Å². The largest absolute Gasteiger partial charge is 0.323 e. The van der Waals surface area contributed by atoms with Crippen molar-refractivity contribution in [3.05, 3.63) is 106 Å². The van der Waals surface area contributed by atoms with Crippen LogP contribution >= 0.6 is 11.3 Å². The normalized spacial score (nSPS) is 15.2. The molecule has 0 saturated heterocycles. The average Bonchev–Trinajstić information content (AvgIpc) is 3.45. The first kappa shape index (κ1) is 18.7. The van der Waals surface area contributed by atoms with E-state index in [9.17, 15) is 4.79 Å². The van der Waals surface area contributed by atoms with Crippen LogP contribution in [0.25, 0.3) is 5.69 Å². The summed E-state index contributed by atoms with van der Waals surface area (Å²) >= 11 is 1.68. The van der Waals surface area contributed by atoms with E-state index < -0.39 is 0 Å². The minimum atomic E-state index is -0.151. The Bertz CT molecular complexity index is 1160. The number of hydrogen-bond acceptors (Lipinski definition) is 2. The lowest BCUT2D eigenvalue weighted by Crippen LogP contribution is -2.37. The Morgan fingerprint density at radius 3 is 2.63 bits per heavy atom. The Hall–Kier alpha value is -3.31. The van der Waals surface area contributed by atoms with Gasteiger partial charge in [0.1, 0.15) is 6.04 Å². The minimum absolute atomic E-state index is 0.0953. The standard InChI is InChI=1S/C25H23N3OS/c1-2-18-11-13-20(14-12-18)26-25(29)28-17-19-7-3-4-8-21(19)27-15-5-9-22(27)24(28)23-10-6-16-30-23/h3-16,24H,2,17H2,1H3,(H,26,29)/t24-/m0/s1. The molecule has 3 heterocycles. The van der Waals surface area contributed by atoms with Gasteiger partial charge in [-0.1, -0.05) is 43.3 Å². The first-order valence-electron chi connectivity index (χ1n) is 10.2. The molecule has 0 unspecified atom stereocenters. The molecule has 5 rings (SSSR count). The number of fused-ring (bicyclic) bond motifs is 3. The fraction of sp³-hybridized carbons (Fsp3) is 0.160. The van der Waals surface area contributed by atoms with Gasteiger partial charge >= 0.3 is 6.03 Å². The van der Waals surface area contributed by atoms with Crippen LogP contribution in [0.5, 0.6) is 0 Å². The maximum absolute atomic E-state index is 13.5. The number of rotatable bonds is 3. The van der Waals surface area contributed by atoms with E-state index in [0.717, 1.165) is 33.9 Å². The Balaban J connectivity index is 1.57. The van der Waals surface area contributed by atoms with Gasteiger partial charge in [-0.05, 0) is 59.3 Å². The molecule has 0 bridgehead atoms. The van der Waals surface area contributed by atoms with Crippen LogP contribution < -0.4 is 5.32 Å². The van der Waals surface area contributed by atoms with Crippen molar-refractivity contribution in [2.24, 2.45) is 0 Å². The van der Waals surface area contributed by atoms with Crippen molar-refractivity contribution in [1.82, 2.24) is 9.47 Å². The van der Waals surface area contributed by atoms with Gasteiger partial charge in [0.15, 0.2) is 0 Å². The number of thiophene rings is 1. The molecule has 1 aliphatic heterocycles. The highest BCUT2D eigenvalue weighted by molar-refractivity contribution is 7.10. The van der Waals surface area contributed by atoms with E-state index in [4.69, 9.17) is 0 Å². The summed E-state index contributed by atoms with van der Waals surface area (Å²) in [5, 5.41) is 5.19. The van der Waals surface area contributed by atoms with E-state index in [1.807, 2.05) is 35.2 Å². The number of aryl methyl sites for hydroxylation is 1. The molecule has 0 fully saturated rings. The zero-order chi connectivity index (χ0) is 20.5. The second-order valence-corrected chi connectivity index (χ2v) is 8.44. The van der Waals surface area contributed by atoms with E-state index >= 15 is 0 Å². The van der Waals surface area contributed by atoms with Crippen molar-refractivity contribution in [2.45, 2.75) is 25.9 Å². The van der Waals surface area contributed by atoms with Crippen LogP contribution in [0.2, 0.25) is 0 Å². The monoisotopic (exact) mass is 413 g/mol. The number of carbonyl (C=O) groups is 1. The molecule has 2 aromatic heterocycles. The molecule has 5 heteroatoms. The van der Waals surface area contributed by atoms with Crippen molar-refractivity contribution in [3.8, 4) is 5.69 Å². The molecule has 2 aromatic carbocycles. The lowest BCUT2D eigenvalue weighted by molar-refractivity contribution is 0.195. The summed E-state index contributed by atoms with van der Waals surface area (Å²) in [6, 6.07) is 24.5. The van der Waals surface area contributed by atoms with Crippen molar-refractivity contribution in [1.29, 1.82) is 0 Å². The maximum atomic E-state index is 13.5. The Morgan fingerprint density at radius 2 is 1.87 bits per heavy atom. The summed E-state index contributed by atoms with van der Waals surface area (Å²) in [4.78, 5) is 16.6. The summed E-state index contributed by atoms with van der Waals surface area (Å²) in [6.45, 7) is 2.67. The van der Waals surface area contributed by atoms with E-state index in [2.05, 4.69) is 70.8 Å². The molecule has 0 radical (unpaired) electrons. The lowest BCUT2D eigenvalue weighted by Gasteiger charge is -2.30. The van der Waals surface area contributed by atoms with Gasteiger partial charge in [0, 0.05) is 16.8 Å². The second kappa shape index (κ2) is 7.84. The third-order valence-electron chi connectivity index (χ3n) is 5.65. The van der Waals surface area contributed by atoms with Gasteiger partial charge in [0.05, 0.1) is 17.9 Å². The van der Waals surface area contributed by atoms with E-state index in [1.165, 1.54) is 5.56 Å². The summed E-state index contributed by atoms with van der Waals surface area (Å²) in [5.74, 6) is 0. The zero-order valence-electron chi connectivity index (χ0n) is 16.8. The summed E-state index contributed by atoms with van der Waals surface area (Å²) in [5.41, 5.74) is 5.42. The van der Waals surface area contributed by atoms with E-state index in [-0.39, 0.29) is 12.1 Å². The van der Waals surface area contributed by atoms with Gasteiger partial charge in [-0.3, -0.25) is 0 Å². The highest BCUT2D eigenvalue weighted by Crippen LogP contribution is 2.38. The number of anilines is 1. The topological polar surface area (TPSA) is 37.3 Å². The molecule has 1 N–H and O–H groups in total. The van der Waals surface area contributed by atoms with Crippen molar-refractivity contribution in [3.63, 3.8) is 0 Å². The quantitative estimate of drug-likeness (QED) is 0.424. The molecule has 30 heavy (non-hydrogen) atoms. The zero-order valence-corrected chi connectivity index (χ0v) is 17.6. The molecular weight excluding hydrogens is 390 g/mol. The van der Waals surface area contributed by atoms with Gasteiger partial charge in [0.25, 0.3) is 0 Å². The molecule has 150 valence electrons. The van der Waals surface area contributed by atoms with Gasteiger partial charge in [0.2, 0.25) is 0 Å². The van der Waals surface area contributed by atoms with Crippen LogP contribution in [0.3, 0.4) is 0 Å². The molecule has 1 aliphatic rings. The predicted octanol–water partition coefficient (Wildman–Crippen LogP) is 6.24. The molecule has 2 amide bonds. The number of nitrogens with one attached hydrogen (secondary N) is 1. The Labute approximate surface area is 180 Å². The van der Waals surface area contributed by atoms with Gasteiger partial charge in [-0.25, -0.2) is 4.79 Å². The summed E-state index contributed by atoms with van der Waals surface area (Å²) < 4.78 is 2.21. The number of nitrogens with zero attached hydrogens (tertiary/aromatic N) is 2. The molecular formula is C25H23N3OS. The summed E-state index contributed by atoms with van der Waals surface area (Å²) in [6.07, 6.45) is 3.06. The number of hydrogen-bond donors (Lipinski definition) is 1. The molecule has 4 aromatic rings. The SMILES string of the molecule is CCc1ccc(NC(=O)N2Cc3ccccc3-n3cccc3[C@H]2c2cccs2)cc1. The fourth-order valence-corrected chi connectivity index (χ4v) is 4.95. The number of aromatic nitrogens is 1. The predicted molar refractivity (Wildman–Crippen MR) is 122 cm³/mol. The number of amides is 2. The maximum Gasteiger partial charge on any atom is 0.323 e. The first-order chi connectivity index (χ1) is 14.7. The smallest absolute Gasteiger partial charge is 0.318 e. The number of carbonyl (C=O) groups excluding carboxylic acids is 1. The van der Waals surface area contributed by atoms with Crippen molar-refractivity contribution in [2.75, 3.05) is 5.32 Å². The van der Waals surface area contributed by atoms with Gasteiger partial charge in [-0.15, -0.1) is 11.3 Å². The minimum Gasteiger partial charge on any atom is -0.318 e. The lowest BCUT2D eigenvalue weighted by atomic mass is 10.1. The van der Waals surface area contributed by atoms with Crippen molar-refractivity contribution >= 4 is 23.1 Å². The number of benzene rings is 2. The fourth-order valence-electron chi connectivity index (χ4n) is 4.10. The number of para-hydroxylation sites is 1. The number of urea groups is 1. The Kier molecular flexibility index (Phi) is 4.89.